The minimum atomic E-state index is 0.140. The van der Waals surface area contributed by atoms with E-state index in [-0.39, 0.29) is 5.91 Å². The summed E-state index contributed by atoms with van der Waals surface area (Å²) in [6, 6.07) is 5.38. The zero-order valence-corrected chi connectivity index (χ0v) is 11.3. The molecule has 3 N–H and O–H groups in total. The van der Waals surface area contributed by atoms with Crippen LogP contribution < -0.4 is 15.8 Å². The van der Waals surface area contributed by atoms with Gasteiger partial charge in [0.25, 0.3) is 0 Å². The lowest BCUT2D eigenvalue weighted by molar-refractivity contribution is -0.130. The Morgan fingerprint density at radius 1 is 1.32 bits per heavy atom. The Morgan fingerprint density at radius 3 is 2.74 bits per heavy atom. The van der Waals surface area contributed by atoms with Crippen LogP contribution in [0, 0.1) is 0 Å². The fraction of sp³-hybridized carbons (Fsp3) is 0.500. The van der Waals surface area contributed by atoms with Gasteiger partial charge in [-0.15, -0.1) is 0 Å². The molecule has 1 aromatic rings. The van der Waals surface area contributed by atoms with Crippen LogP contribution >= 0.6 is 0 Å². The summed E-state index contributed by atoms with van der Waals surface area (Å²) in [5.74, 6) is 0.828. The number of piperidine rings is 1. The number of hydrogen-bond donors (Lipinski definition) is 2. The molecule has 0 bridgehead atoms. The maximum atomic E-state index is 12.0. The van der Waals surface area contributed by atoms with Crippen molar-refractivity contribution in [2.45, 2.75) is 19.3 Å². The van der Waals surface area contributed by atoms with Crippen LogP contribution in [0.15, 0.2) is 18.2 Å². The van der Waals surface area contributed by atoms with Crippen molar-refractivity contribution >= 4 is 17.3 Å². The fourth-order valence-electron chi connectivity index (χ4n) is 2.27. The largest absolute Gasteiger partial charge is 0.497 e. The molecule has 1 fully saturated rings. The van der Waals surface area contributed by atoms with Crippen molar-refractivity contribution in [3.8, 4) is 5.75 Å². The van der Waals surface area contributed by atoms with Crippen LogP contribution in [0.1, 0.15) is 19.3 Å². The van der Waals surface area contributed by atoms with Crippen molar-refractivity contribution < 1.29 is 9.53 Å². The van der Waals surface area contributed by atoms with Crippen molar-refractivity contribution in [3.63, 3.8) is 0 Å². The zero-order chi connectivity index (χ0) is 13.7. The quantitative estimate of drug-likeness (QED) is 0.811. The molecule has 1 saturated heterocycles. The van der Waals surface area contributed by atoms with E-state index in [2.05, 4.69) is 5.32 Å². The summed E-state index contributed by atoms with van der Waals surface area (Å²) >= 11 is 0. The SMILES string of the molecule is COc1cc(N)cc(NCC(=O)N2CCCCC2)c1. The highest BCUT2D eigenvalue weighted by atomic mass is 16.5. The number of nitrogen functional groups attached to an aromatic ring is 1. The Hall–Kier alpha value is -1.91. The van der Waals surface area contributed by atoms with E-state index in [0.717, 1.165) is 31.6 Å². The van der Waals surface area contributed by atoms with Crippen LogP contribution in [-0.4, -0.2) is 37.6 Å². The molecular weight excluding hydrogens is 242 g/mol. The van der Waals surface area contributed by atoms with Crippen LogP contribution in [0.25, 0.3) is 0 Å². The summed E-state index contributed by atoms with van der Waals surface area (Å²) in [5.41, 5.74) is 7.19. The number of carbonyl (C=O) groups excluding carboxylic acids is 1. The first-order chi connectivity index (χ1) is 9.19. The molecule has 0 radical (unpaired) electrons. The van der Waals surface area contributed by atoms with Crippen LogP contribution in [0.3, 0.4) is 0 Å². The van der Waals surface area contributed by atoms with E-state index < -0.39 is 0 Å². The highest BCUT2D eigenvalue weighted by Crippen LogP contribution is 2.22. The summed E-state index contributed by atoms with van der Waals surface area (Å²) in [7, 11) is 1.59. The van der Waals surface area contributed by atoms with E-state index in [1.807, 2.05) is 11.0 Å². The standard InChI is InChI=1S/C14H21N3O2/c1-19-13-8-11(15)7-12(9-13)16-10-14(18)17-5-3-2-4-6-17/h7-9,16H,2-6,10,15H2,1H3. The molecule has 0 atom stereocenters. The normalized spacial score (nSPS) is 15.1. The summed E-state index contributed by atoms with van der Waals surface area (Å²) in [6.07, 6.45) is 3.44. The van der Waals surface area contributed by atoms with Gasteiger partial charge in [-0.25, -0.2) is 0 Å². The third-order valence-corrected chi connectivity index (χ3v) is 3.32. The van der Waals surface area contributed by atoms with Gasteiger partial charge in [-0.3, -0.25) is 4.79 Å². The molecule has 2 rings (SSSR count). The number of likely N-dealkylation sites (tertiary alicyclic amines) is 1. The predicted molar refractivity (Wildman–Crippen MR) is 76.3 cm³/mol. The number of rotatable bonds is 4. The van der Waals surface area contributed by atoms with E-state index >= 15 is 0 Å². The molecule has 1 aliphatic heterocycles. The molecule has 1 aromatic carbocycles. The molecule has 0 aromatic heterocycles. The van der Waals surface area contributed by atoms with Gasteiger partial charge in [0.1, 0.15) is 5.75 Å². The minimum Gasteiger partial charge on any atom is -0.497 e. The Morgan fingerprint density at radius 2 is 2.05 bits per heavy atom. The number of amides is 1. The average Bonchev–Trinajstić information content (AvgIpc) is 2.45. The summed E-state index contributed by atoms with van der Waals surface area (Å²) in [6.45, 7) is 2.05. The maximum Gasteiger partial charge on any atom is 0.241 e. The van der Waals surface area contributed by atoms with Crippen LogP contribution in [-0.2, 0) is 4.79 Å². The molecule has 0 unspecified atom stereocenters. The van der Waals surface area contributed by atoms with Gasteiger partial charge in [0, 0.05) is 36.6 Å². The Labute approximate surface area is 113 Å². The number of carbonyl (C=O) groups is 1. The van der Waals surface area contributed by atoms with E-state index in [4.69, 9.17) is 10.5 Å². The van der Waals surface area contributed by atoms with Gasteiger partial charge < -0.3 is 20.7 Å². The molecule has 19 heavy (non-hydrogen) atoms. The second-order valence-corrected chi connectivity index (χ2v) is 4.79. The first-order valence-corrected chi connectivity index (χ1v) is 6.65. The van der Waals surface area contributed by atoms with Gasteiger partial charge in [0.2, 0.25) is 5.91 Å². The Kier molecular flexibility index (Phi) is 4.49. The molecule has 1 heterocycles. The fourth-order valence-corrected chi connectivity index (χ4v) is 2.27. The Bertz CT molecular complexity index is 442. The molecule has 5 nitrogen and oxygen atoms in total. The van der Waals surface area contributed by atoms with Crippen molar-refractivity contribution in [2.75, 3.05) is 37.8 Å². The number of nitrogens with one attached hydrogen (secondary N) is 1. The van der Waals surface area contributed by atoms with Gasteiger partial charge in [-0.2, -0.15) is 0 Å². The monoisotopic (exact) mass is 263 g/mol. The van der Waals surface area contributed by atoms with E-state index in [1.54, 1.807) is 19.2 Å². The highest BCUT2D eigenvalue weighted by molar-refractivity contribution is 5.81. The third-order valence-electron chi connectivity index (χ3n) is 3.32. The lowest BCUT2D eigenvalue weighted by atomic mass is 10.1. The van der Waals surface area contributed by atoms with E-state index in [9.17, 15) is 4.79 Å². The molecule has 1 amide bonds. The number of nitrogens with zero attached hydrogens (tertiary/aromatic N) is 1. The number of ether oxygens (including phenoxy) is 1. The van der Waals surface area contributed by atoms with Crippen molar-refractivity contribution in [2.24, 2.45) is 0 Å². The first kappa shape index (κ1) is 13.5. The summed E-state index contributed by atoms with van der Waals surface area (Å²) in [5, 5.41) is 3.11. The second-order valence-electron chi connectivity index (χ2n) is 4.79. The highest BCUT2D eigenvalue weighted by Gasteiger charge is 2.15. The summed E-state index contributed by atoms with van der Waals surface area (Å²) in [4.78, 5) is 13.9. The molecular formula is C14H21N3O2. The van der Waals surface area contributed by atoms with Crippen molar-refractivity contribution in [1.29, 1.82) is 0 Å². The van der Waals surface area contributed by atoms with E-state index in [0.29, 0.717) is 18.0 Å². The third kappa shape index (κ3) is 3.77. The molecule has 0 aliphatic carbocycles. The number of nitrogens with two attached hydrogens (primary N) is 1. The number of anilines is 2. The molecule has 1 aliphatic rings. The molecule has 5 heteroatoms. The molecule has 0 spiro atoms. The van der Waals surface area contributed by atoms with Crippen molar-refractivity contribution in [3.05, 3.63) is 18.2 Å². The van der Waals surface area contributed by atoms with Gasteiger partial charge in [-0.05, 0) is 25.3 Å². The average molecular weight is 263 g/mol. The van der Waals surface area contributed by atoms with Gasteiger partial charge in [0.15, 0.2) is 0 Å². The molecule has 104 valence electrons. The zero-order valence-electron chi connectivity index (χ0n) is 11.3. The van der Waals surface area contributed by atoms with Gasteiger partial charge >= 0.3 is 0 Å². The van der Waals surface area contributed by atoms with Gasteiger partial charge in [0.05, 0.1) is 13.7 Å². The predicted octanol–water partition coefficient (Wildman–Crippen LogP) is 1.70. The lowest BCUT2D eigenvalue weighted by Gasteiger charge is -2.27. The maximum absolute atomic E-state index is 12.0. The number of methoxy groups -OCH3 is 1. The van der Waals surface area contributed by atoms with Crippen LogP contribution in [0.5, 0.6) is 5.75 Å². The van der Waals surface area contributed by atoms with Crippen LogP contribution in [0.2, 0.25) is 0 Å². The minimum absolute atomic E-state index is 0.140. The number of hydrogen-bond acceptors (Lipinski definition) is 4. The smallest absolute Gasteiger partial charge is 0.241 e. The second kappa shape index (κ2) is 6.31. The first-order valence-electron chi connectivity index (χ1n) is 6.65. The molecule has 0 saturated carbocycles. The summed E-state index contributed by atoms with van der Waals surface area (Å²) < 4.78 is 5.14. The topological polar surface area (TPSA) is 67.6 Å². The lowest BCUT2D eigenvalue weighted by Crippen LogP contribution is -2.39. The van der Waals surface area contributed by atoms with Crippen LogP contribution in [0.4, 0.5) is 11.4 Å². The van der Waals surface area contributed by atoms with E-state index in [1.165, 1.54) is 6.42 Å². The Balaban J connectivity index is 1.90. The number of benzene rings is 1. The van der Waals surface area contributed by atoms with Crippen molar-refractivity contribution in [1.82, 2.24) is 4.90 Å². The van der Waals surface area contributed by atoms with Gasteiger partial charge in [-0.1, -0.05) is 0 Å².